The van der Waals surface area contributed by atoms with E-state index >= 15 is 0 Å². The molecular weight excluding hydrogens is 276 g/mol. The van der Waals surface area contributed by atoms with Crippen LogP contribution in [0.3, 0.4) is 0 Å². The maximum Gasteiger partial charge on any atom is 0.183 e. The molecule has 0 saturated carbocycles. The van der Waals surface area contributed by atoms with Gasteiger partial charge in [-0.25, -0.2) is 0 Å². The molecule has 0 atom stereocenters. The van der Waals surface area contributed by atoms with Gasteiger partial charge in [0.1, 0.15) is 0 Å². The van der Waals surface area contributed by atoms with Crippen LogP contribution in [0.4, 0.5) is 0 Å². The van der Waals surface area contributed by atoms with Crippen molar-refractivity contribution in [3.05, 3.63) is 0 Å². The Kier molecular flexibility index (Phi) is 4.64. The van der Waals surface area contributed by atoms with Crippen LogP contribution in [0.5, 0.6) is 0 Å². The minimum atomic E-state index is -1.38. The van der Waals surface area contributed by atoms with Crippen molar-refractivity contribution in [3.63, 3.8) is 0 Å². The third-order valence-corrected chi connectivity index (χ3v) is 26.9. The molecule has 4 nitrogen and oxygen atoms in total. The zero-order valence-corrected chi connectivity index (χ0v) is 17.2. The van der Waals surface area contributed by atoms with Crippen LogP contribution in [0.25, 0.3) is 0 Å². The summed E-state index contributed by atoms with van der Waals surface area (Å²) in [6, 6.07) is 0. The van der Waals surface area contributed by atoms with E-state index in [0.29, 0.717) is 0 Å². The molecule has 1 aliphatic rings. The van der Waals surface area contributed by atoms with E-state index in [9.17, 15) is 0 Å². The van der Waals surface area contributed by atoms with E-state index in [-0.39, 0.29) is 9.68 Å². The standard InChI is InChI=1S/C9H30N4Si4/c1-12(2)9-14-13-16(5,6)10-15(3,4)11-17(13,7)8/h10-11H,9,14H2,1-8H3. The normalized spacial score (nSPS) is 28.1. The third kappa shape index (κ3) is 4.10. The van der Waals surface area contributed by atoms with Gasteiger partial charge in [-0.15, -0.1) is 0 Å². The molecule has 102 valence electrons. The highest BCUT2D eigenvalue weighted by molar-refractivity contribution is 7.07. The second-order valence-electron chi connectivity index (χ2n) is 6.95. The Bertz CT molecular complexity index is 260. The third-order valence-electron chi connectivity index (χ3n) is 3.36. The van der Waals surface area contributed by atoms with Gasteiger partial charge in [-0.2, -0.15) is 0 Å². The fourth-order valence-corrected chi connectivity index (χ4v) is 31.1. The first kappa shape index (κ1) is 15.8. The first-order valence-corrected chi connectivity index (χ1v) is 17.0. The molecule has 1 rings (SSSR count). The van der Waals surface area contributed by atoms with Crippen LogP contribution < -0.4 is 9.30 Å². The molecule has 0 aliphatic carbocycles. The fourth-order valence-electron chi connectivity index (χ4n) is 3.25. The molecular formula is C9H30N4Si4. The van der Waals surface area contributed by atoms with Gasteiger partial charge >= 0.3 is 0 Å². The zero-order valence-electron chi connectivity index (χ0n) is 12.8. The van der Waals surface area contributed by atoms with E-state index in [1.807, 2.05) is 0 Å². The first-order valence-electron chi connectivity index (χ1n) is 6.47. The summed E-state index contributed by atoms with van der Waals surface area (Å²) in [5.74, 6) is 0. The Balaban J connectivity index is 2.86. The molecule has 0 radical (unpaired) electrons. The zero-order chi connectivity index (χ0) is 13.5. The van der Waals surface area contributed by atoms with E-state index in [1.165, 1.54) is 6.17 Å². The lowest BCUT2D eigenvalue weighted by Crippen LogP contribution is -2.89. The molecule has 0 bridgehead atoms. The summed E-state index contributed by atoms with van der Waals surface area (Å²) in [6.07, 6.45) is 1.29. The summed E-state index contributed by atoms with van der Waals surface area (Å²) in [4.78, 5) is 2.35. The van der Waals surface area contributed by atoms with Crippen molar-refractivity contribution in [3.8, 4) is 0 Å². The molecule has 2 N–H and O–H groups in total. The monoisotopic (exact) mass is 306 g/mol. The van der Waals surface area contributed by atoms with E-state index in [2.05, 4.69) is 71.5 Å². The molecule has 0 aromatic rings. The Morgan fingerprint density at radius 3 is 1.71 bits per heavy atom. The molecule has 1 aliphatic heterocycles. The molecule has 1 heterocycles. The Hall–Kier alpha value is 0.708. The van der Waals surface area contributed by atoms with E-state index < -0.39 is 25.2 Å². The number of nitrogens with zero attached hydrogens (tertiary/aromatic N) is 2. The maximum absolute atomic E-state index is 4.00. The van der Waals surface area contributed by atoms with Gasteiger partial charge in [0.05, 0.1) is 9.68 Å². The minimum Gasteiger partial charge on any atom is -0.349 e. The smallest absolute Gasteiger partial charge is 0.183 e. The van der Waals surface area contributed by atoms with Crippen molar-refractivity contribution in [2.24, 2.45) is 0 Å². The van der Waals surface area contributed by atoms with Gasteiger partial charge in [-0.1, -0.05) is 0 Å². The van der Waals surface area contributed by atoms with Gasteiger partial charge in [-0.05, 0) is 59.5 Å². The minimum absolute atomic E-state index is 0.159. The molecule has 0 aromatic heterocycles. The van der Waals surface area contributed by atoms with Crippen molar-refractivity contribution < 1.29 is 0 Å². The van der Waals surface area contributed by atoms with Gasteiger partial charge in [0.2, 0.25) is 0 Å². The van der Waals surface area contributed by atoms with Crippen LogP contribution >= 0.6 is 0 Å². The van der Waals surface area contributed by atoms with Gasteiger partial charge in [0, 0.05) is 0 Å². The Morgan fingerprint density at radius 1 is 0.941 bits per heavy atom. The highest BCUT2D eigenvalue weighted by Gasteiger charge is 2.50. The molecule has 1 fully saturated rings. The van der Waals surface area contributed by atoms with Crippen molar-refractivity contribution in [2.45, 2.75) is 39.3 Å². The highest BCUT2D eigenvalue weighted by atomic mass is 28.5. The molecule has 0 aromatic carbocycles. The molecule has 17 heavy (non-hydrogen) atoms. The van der Waals surface area contributed by atoms with Crippen molar-refractivity contribution in [1.29, 1.82) is 0 Å². The number of hydrogen-bond donors (Lipinski definition) is 2. The summed E-state index contributed by atoms with van der Waals surface area (Å²) in [6.45, 7) is 14.8. The van der Waals surface area contributed by atoms with Gasteiger partial charge in [0.15, 0.2) is 25.2 Å². The number of hydrogen-bond acceptors (Lipinski definition) is 4. The van der Waals surface area contributed by atoms with E-state index in [1.54, 1.807) is 0 Å². The predicted molar refractivity (Wildman–Crippen MR) is 87.7 cm³/mol. The van der Waals surface area contributed by atoms with Crippen molar-refractivity contribution in [2.75, 3.05) is 20.3 Å². The number of rotatable bonds is 3. The van der Waals surface area contributed by atoms with Crippen LogP contribution in [-0.4, -0.2) is 63.9 Å². The molecule has 0 spiro atoms. The number of nitrogens with one attached hydrogen (secondary N) is 2. The van der Waals surface area contributed by atoms with Crippen LogP contribution in [0.15, 0.2) is 0 Å². The molecule has 1 saturated heterocycles. The summed E-state index contributed by atoms with van der Waals surface area (Å²) < 4.78 is 11.0. The lowest BCUT2D eigenvalue weighted by atomic mass is 11.0. The lowest BCUT2D eigenvalue weighted by molar-refractivity contribution is 0.472. The average molecular weight is 307 g/mol. The lowest BCUT2D eigenvalue weighted by Gasteiger charge is -2.57. The first-order chi connectivity index (χ1) is 7.46. The maximum atomic E-state index is 4.00. The predicted octanol–water partition coefficient (Wildman–Crippen LogP) is 0.190. The Labute approximate surface area is 113 Å². The second kappa shape index (κ2) is 5.00. The van der Waals surface area contributed by atoms with Gasteiger partial charge in [-0.3, -0.25) is 0 Å². The van der Waals surface area contributed by atoms with Crippen molar-refractivity contribution in [1.82, 2.24) is 18.1 Å². The van der Waals surface area contributed by atoms with E-state index in [4.69, 9.17) is 0 Å². The summed E-state index contributed by atoms with van der Waals surface area (Å²) >= 11 is 0. The van der Waals surface area contributed by atoms with Gasteiger partial charge < -0.3 is 18.1 Å². The molecule has 8 heteroatoms. The highest BCUT2D eigenvalue weighted by Crippen LogP contribution is 2.22. The molecule has 0 amide bonds. The van der Waals surface area contributed by atoms with Crippen LogP contribution in [0.2, 0.25) is 39.3 Å². The van der Waals surface area contributed by atoms with E-state index in [0.717, 1.165) is 0 Å². The fraction of sp³-hybridized carbons (Fsp3) is 1.00. The molecule has 0 unspecified atom stereocenters. The Morgan fingerprint density at radius 2 is 1.35 bits per heavy atom. The SMILES string of the molecule is CN(C)C[SiH2]N1[Si](C)(C)N[Si](C)(C)N[Si]1(C)C. The van der Waals surface area contributed by atoms with Crippen LogP contribution in [-0.2, 0) is 0 Å². The quantitative estimate of drug-likeness (QED) is 0.729. The van der Waals surface area contributed by atoms with Crippen LogP contribution in [0, 0.1) is 0 Å². The topological polar surface area (TPSA) is 30.5 Å². The average Bonchev–Trinajstić information content (AvgIpc) is 1.94. The second-order valence-corrected chi connectivity index (χ2v) is 22.8. The van der Waals surface area contributed by atoms with Gasteiger partial charge in [0.25, 0.3) is 0 Å². The summed E-state index contributed by atoms with van der Waals surface area (Å²) in [5.41, 5.74) is 0. The van der Waals surface area contributed by atoms with Crippen LogP contribution in [0.1, 0.15) is 0 Å². The summed E-state index contributed by atoms with van der Waals surface area (Å²) in [7, 11) is 0.104. The van der Waals surface area contributed by atoms with Crippen molar-refractivity contribution >= 4 is 34.9 Å². The largest absolute Gasteiger partial charge is 0.349 e. The summed E-state index contributed by atoms with van der Waals surface area (Å²) in [5, 5.41) is 0.